The average Bonchev–Trinajstić information content (AvgIpc) is 3.56. The Kier molecular flexibility index (Phi) is 6.02. The van der Waals surface area contributed by atoms with Crippen LogP contribution in [0.15, 0.2) is 42.0 Å². The number of hydrogen-bond acceptors (Lipinski definition) is 11. The van der Waals surface area contributed by atoms with Gasteiger partial charge in [0.2, 0.25) is 6.79 Å². The van der Waals surface area contributed by atoms with E-state index in [0.717, 1.165) is 24.1 Å². The third-order valence-electron chi connectivity index (χ3n) is 7.63. The highest BCUT2D eigenvalue weighted by Crippen LogP contribution is 2.49. The maximum atomic E-state index is 13.4. The summed E-state index contributed by atoms with van der Waals surface area (Å²) >= 11 is 0. The lowest BCUT2D eigenvalue weighted by molar-refractivity contribution is -0.0458. The van der Waals surface area contributed by atoms with E-state index in [1.807, 2.05) is 19.2 Å². The molecule has 0 unspecified atom stereocenters. The summed E-state index contributed by atoms with van der Waals surface area (Å²) in [7, 11) is 4.39. The van der Waals surface area contributed by atoms with E-state index in [-0.39, 0.29) is 35.4 Å². The van der Waals surface area contributed by atoms with Gasteiger partial charge in [0.05, 0.1) is 36.5 Å². The predicted molar refractivity (Wildman–Crippen MR) is 132 cm³/mol. The highest BCUT2D eigenvalue weighted by molar-refractivity contribution is 6.00. The summed E-state index contributed by atoms with van der Waals surface area (Å²) in [6.45, 7) is 0.853. The Morgan fingerprint density at radius 1 is 0.897 bits per heavy atom. The van der Waals surface area contributed by atoms with E-state index < -0.39 is 36.1 Å². The molecule has 39 heavy (non-hydrogen) atoms. The Morgan fingerprint density at radius 3 is 2.15 bits per heavy atom. The fraction of sp³-hybridized carbons (Fsp3) is 0.357. The van der Waals surface area contributed by atoms with Gasteiger partial charge in [-0.15, -0.1) is 0 Å². The van der Waals surface area contributed by atoms with Crippen LogP contribution in [0.1, 0.15) is 59.3 Å². The zero-order valence-electron chi connectivity index (χ0n) is 21.4. The number of likely N-dealkylation sites (tertiary alicyclic amines) is 1. The first kappa shape index (κ1) is 24.9. The van der Waals surface area contributed by atoms with Crippen LogP contribution in [0.4, 0.5) is 0 Å². The summed E-state index contributed by atoms with van der Waals surface area (Å²) in [5, 5.41) is 0. The molecule has 2 aromatic rings. The van der Waals surface area contributed by atoms with Gasteiger partial charge < -0.3 is 28.4 Å². The molecule has 1 aliphatic carbocycles. The molecule has 1 saturated heterocycles. The quantitative estimate of drug-likeness (QED) is 0.325. The van der Waals surface area contributed by atoms with E-state index in [0.29, 0.717) is 17.1 Å². The van der Waals surface area contributed by atoms with Crippen molar-refractivity contribution in [1.82, 2.24) is 4.90 Å². The number of carbonyl (C=O) groups is 4. The minimum absolute atomic E-state index is 0.0150. The first-order chi connectivity index (χ1) is 18.8. The monoisotopic (exact) mass is 535 g/mol. The molecule has 11 nitrogen and oxygen atoms in total. The van der Waals surface area contributed by atoms with Crippen molar-refractivity contribution >= 4 is 23.9 Å². The summed E-state index contributed by atoms with van der Waals surface area (Å²) < 4.78 is 32.4. The minimum Gasteiger partial charge on any atom is -0.465 e. The number of nitrogens with zero attached hydrogens (tertiary/aromatic N) is 1. The molecule has 0 radical (unpaired) electrons. The fourth-order valence-corrected chi connectivity index (χ4v) is 5.85. The van der Waals surface area contributed by atoms with Crippen LogP contribution < -0.4 is 9.47 Å². The summed E-state index contributed by atoms with van der Waals surface area (Å²) in [4.78, 5) is 53.1. The molecule has 0 bridgehead atoms. The third-order valence-corrected chi connectivity index (χ3v) is 7.63. The lowest BCUT2D eigenvalue weighted by Gasteiger charge is -2.44. The average molecular weight is 536 g/mol. The first-order valence-corrected chi connectivity index (χ1v) is 12.4. The van der Waals surface area contributed by atoms with Crippen molar-refractivity contribution in [3.8, 4) is 11.5 Å². The van der Waals surface area contributed by atoms with E-state index >= 15 is 0 Å². The van der Waals surface area contributed by atoms with Crippen molar-refractivity contribution in [2.45, 2.75) is 30.6 Å². The Bertz CT molecular complexity index is 1410. The second kappa shape index (κ2) is 9.42. The van der Waals surface area contributed by atoms with Gasteiger partial charge in [0.1, 0.15) is 0 Å². The smallest absolute Gasteiger partial charge is 0.339 e. The summed E-state index contributed by atoms with van der Waals surface area (Å²) in [6, 6.07) is 7.22. The summed E-state index contributed by atoms with van der Waals surface area (Å²) in [5.41, 5.74) is 2.12. The topological polar surface area (TPSA) is 127 Å². The Balaban J connectivity index is 1.38. The Hall–Kier alpha value is -4.38. The van der Waals surface area contributed by atoms with Crippen molar-refractivity contribution in [1.29, 1.82) is 0 Å². The number of esters is 4. The molecule has 4 aliphatic rings. The predicted octanol–water partition coefficient (Wildman–Crippen LogP) is 2.48. The Morgan fingerprint density at radius 2 is 1.51 bits per heavy atom. The van der Waals surface area contributed by atoms with Crippen LogP contribution in [0.25, 0.3) is 0 Å². The minimum atomic E-state index is -0.911. The van der Waals surface area contributed by atoms with Gasteiger partial charge in [-0.1, -0.05) is 5.57 Å². The van der Waals surface area contributed by atoms with Crippen LogP contribution in [0, 0.1) is 0 Å². The SMILES string of the molecule is COC(=O)c1cc(C(=O)OC)cc(C(=O)O[C@H]2C=C3CCN(C)[C@H]3[C@@H]3c4cc5c(cc4C(=O)O[C@@H]32)OCO5)c1. The van der Waals surface area contributed by atoms with Gasteiger partial charge in [-0.3, -0.25) is 4.90 Å². The zero-order chi connectivity index (χ0) is 27.4. The second-order valence-electron chi connectivity index (χ2n) is 9.76. The van der Waals surface area contributed by atoms with Crippen LogP contribution >= 0.6 is 0 Å². The third kappa shape index (κ3) is 4.09. The van der Waals surface area contributed by atoms with Crippen LogP contribution in [0.2, 0.25) is 0 Å². The van der Waals surface area contributed by atoms with E-state index in [4.69, 9.17) is 28.4 Å². The van der Waals surface area contributed by atoms with Crippen LogP contribution in [-0.4, -0.2) is 81.6 Å². The highest BCUT2D eigenvalue weighted by Gasteiger charge is 2.52. The normalized spacial score (nSPS) is 24.5. The number of carbonyl (C=O) groups excluding carboxylic acids is 4. The highest BCUT2D eigenvalue weighted by atomic mass is 16.7. The number of ether oxygens (including phenoxy) is 6. The number of methoxy groups -OCH3 is 2. The second-order valence-corrected chi connectivity index (χ2v) is 9.76. The number of likely N-dealkylation sites (N-methyl/N-ethyl adjacent to an activating group) is 1. The molecule has 0 saturated carbocycles. The molecule has 0 aromatic heterocycles. The van der Waals surface area contributed by atoms with Crippen LogP contribution in [-0.2, 0) is 18.9 Å². The maximum absolute atomic E-state index is 13.4. The van der Waals surface area contributed by atoms with Gasteiger partial charge in [-0.2, -0.15) is 0 Å². The van der Waals surface area contributed by atoms with Gasteiger partial charge in [-0.05, 0) is 55.4 Å². The van der Waals surface area contributed by atoms with Crippen molar-refractivity contribution in [3.63, 3.8) is 0 Å². The summed E-state index contributed by atoms with van der Waals surface area (Å²) in [6.07, 6.45) is 0.874. The Labute approximate surface area is 223 Å². The van der Waals surface area contributed by atoms with E-state index in [9.17, 15) is 19.2 Å². The molecule has 6 rings (SSSR count). The van der Waals surface area contributed by atoms with Gasteiger partial charge >= 0.3 is 23.9 Å². The fourth-order valence-electron chi connectivity index (χ4n) is 5.85. The maximum Gasteiger partial charge on any atom is 0.339 e. The molecule has 1 fully saturated rings. The van der Waals surface area contributed by atoms with Crippen LogP contribution in [0.3, 0.4) is 0 Å². The lowest BCUT2D eigenvalue weighted by atomic mass is 9.73. The molecule has 0 spiro atoms. The molecule has 2 aromatic carbocycles. The molecule has 3 heterocycles. The number of rotatable bonds is 4. The van der Waals surface area contributed by atoms with Gasteiger partial charge in [0.15, 0.2) is 23.7 Å². The first-order valence-electron chi connectivity index (χ1n) is 12.4. The van der Waals surface area contributed by atoms with Gasteiger partial charge in [-0.25, -0.2) is 19.2 Å². The van der Waals surface area contributed by atoms with E-state index in [1.54, 1.807) is 6.07 Å². The molecule has 3 aliphatic heterocycles. The van der Waals surface area contributed by atoms with Crippen molar-refractivity contribution < 1.29 is 47.6 Å². The molecule has 202 valence electrons. The van der Waals surface area contributed by atoms with Gasteiger partial charge in [0, 0.05) is 18.5 Å². The van der Waals surface area contributed by atoms with Crippen molar-refractivity contribution in [3.05, 3.63) is 69.8 Å². The number of hydrogen-bond donors (Lipinski definition) is 0. The molecule has 0 amide bonds. The standard InChI is InChI=1S/C28H25NO10/c1-29-5-4-13-9-21(38-27(32)16-7-14(25(30)34-2)6-15(8-16)26(31)35-3)24-22(23(13)29)17-10-19-20(37-12-36-19)11-18(17)28(33)39-24/h6-11,21-24H,4-5,12H2,1-3H3/t21-,22-,23+,24+/m0/s1. The molecule has 11 heteroatoms. The van der Waals surface area contributed by atoms with Gasteiger partial charge in [0.25, 0.3) is 0 Å². The summed E-state index contributed by atoms with van der Waals surface area (Å²) in [5.74, 6) is -2.13. The van der Waals surface area contributed by atoms with Crippen molar-refractivity contribution in [2.75, 3.05) is 34.6 Å². The number of fused-ring (bicyclic) bond motifs is 6. The zero-order valence-corrected chi connectivity index (χ0v) is 21.4. The molecular formula is C28H25NO10. The van der Waals surface area contributed by atoms with Crippen LogP contribution in [0.5, 0.6) is 11.5 Å². The van der Waals surface area contributed by atoms with E-state index in [2.05, 4.69) is 4.90 Å². The molecule has 4 atom stereocenters. The largest absolute Gasteiger partial charge is 0.465 e. The molecular weight excluding hydrogens is 510 g/mol. The molecule has 0 N–H and O–H groups in total. The van der Waals surface area contributed by atoms with Crippen molar-refractivity contribution in [2.24, 2.45) is 0 Å². The van der Waals surface area contributed by atoms with E-state index in [1.165, 1.54) is 32.4 Å². The lowest BCUT2D eigenvalue weighted by Crippen LogP contribution is -2.52. The number of benzene rings is 2.